The summed E-state index contributed by atoms with van der Waals surface area (Å²) in [6.07, 6.45) is 1.77. The highest BCUT2D eigenvalue weighted by Crippen LogP contribution is 2.28. The third-order valence-electron chi connectivity index (χ3n) is 5.08. The molecule has 1 aliphatic rings. The van der Waals surface area contributed by atoms with E-state index in [0.29, 0.717) is 12.8 Å². The Morgan fingerprint density at radius 2 is 1.03 bits per heavy atom. The Hall–Kier alpha value is -2.94. The van der Waals surface area contributed by atoms with Crippen molar-refractivity contribution in [2.75, 3.05) is 0 Å². The topological polar surface area (TPSA) is 179 Å². The van der Waals surface area contributed by atoms with Gasteiger partial charge in [0.2, 0.25) is 20.0 Å². The van der Waals surface area contributed by atoms with E-state index in [1.54, 1.807) is 0 Å². The average Bonchev–Trinajstić information content (AvgIpc) is 2.74. The molecule has 1 aliphatic carbocycles. The lowest BCUT2D eigenvalue weighted by Crippen LogP contribution is -2.53. The summed E-state index contributed by atoms with van der Waals surface area (Å²) in [6, 6.07) is 7.87. The third kappa shape index (κ3) is 5.09. The van der Waals surface area contributed by atoms with Gasteiger partial charge in [0.15, 0.2) is 9.79 Å². The van der Waals surface area contributed by atoms with Crippen LogP contribution in [0.4, 0.5) is 11.4 Å². The van der Waals surface area contributed by atoms with Gasteiger partial charge < -0.3 is 0 Å². The standard InChI is InChI=1S/C18H20N4O8S2/c23-21(24)15-9-3-5-11-17(15)31(27,28)19-13-7-1-2-8-14(13)20-32(29,30)18-12-6-4-10-16(18)22(25)26/h3-6,9-14,19-20H,1-2,7-8H2/t13-,14-/m0/s1. The van der Waals surface area contributed by atoms with Gasteiger partial charge in [-0.1, -0.05) is 37.1 Å². The molecular formula is C18H20N4O8S2. The minimum atomic E-state index is -4.35. The van der Waals surface area contributed by atoms with Crippen LogP contribution < -0.4 is 9.44 Å². The number of hydrogen-bond acceptors (Lipinski definition) is 8. The first-order valence-corrected chi connectivity index (χ1v) is 12.5. The highest BCUT2D eigenvalue weighted by Gasteiger charge is 2.36. The zero-order valence-corrected chi connectivity index (χ0v) is 18.2. The van der Waals surface area contributed by atoms with E-state index in [-0.39, 0.29) is 12.8 Å². The summed E-state index contributed by atoms with van der Waals surface area (Å²) in [5.41, 5.74) is -1.21. The summed E-state index contributed by atoms with van der Waals surface area (Å²) in [7, 11) is -8.69. The van der Waals surface area contributed by atoms with Crippen molar-refractivity contribution in [1.82, 2.24) is 9.44 Å². The van der Waals surface area contributed by atoms with Crippen LogP contribution in [0.3, 0.4) is 0 Å². The fourth-order valence-corrected chi connectivity index (χ4v) is 6.58. The van der Waals surface area contributed by atoms with Crippen LogP contribution in [0.25, 0.3) is 0 Å². The van der Waals surface area contributed by atoms with E-state index >= 15 is 0 Å². The van der Waals surface area contributed by atoms with Crippen LogP contribution in [0.5, 0.6) is 0 Å². The summed E-state index contributed by atoms with van der Waals surface area (Å²) in [5.74, 6) is 0. The first-order valence-electron chi connectivity index (χ1n) is 9.54. The first-order chi connectivity index (χ1) is 15.0. The molecule has 14 heteroatoms. The van der Waals surface area contributed by atoms with Crippen molar-refractivity contribution in [1.29, 1.82) is 0 Å². The molecule has 2 aromatic rings. The number of sulfonamides is 2. The molecule has 12 nitrogen and oxygen atoms in total. The van der Waals surface area contributed by atoms with Crippen LogP contribution in [0.1, 0.15) is 25.7 Å². The van der Waals surface area contributed by atoms with Gasteiger partial charge in [0.05, 0.1) is 9.85 Å². The lowest BCUT2D eigenvalue weighted by molar-refractivity contribution is -0.388. The molecule has 172 valence electrons. The summed E-state index contributed by atoms with van der Waals surface area (Å²) >= 11 is 0. The number of hydrogen-bond donors (Lipinski definition) is 2. The van der Waals surface area contributed by atoms with E-state index in [2.05, 4.69) is 9.44 Å². The van der Waals surface area contributed by atoms with Crippen molar-refractivity contribution in [2.24, 2.45) is 0 Å². The largest absolute Gasteiger partial charge is 0.289 e. The predicted molar refractivity (Wildman–Crippen MR) is 113 cm³/mol. The number of benzene rings is 2. The normalized spacial score (nSPS) is 19.4. The predicted octanol–water partition coefficient (Wildman–Crippen LogP) is 2.07. The second-order valence-electron chi connectivity index (χ2n) is 7.19. The van der Waals surface area contributed by atoms with E-state index in [9.17, 15) is 37.1 Å². The molecule has 0 unspecified atom stereocenters. The first kappa shape index (κ1) is 23.7. The van der Waals surface area contributed by atoms with Crippen LogP contribution >= 0.6 is 0 Å². The van der Waals surface area contributed by atoms with Gasteiger partial charge in [-0.3, -0.25) is 20.2 Å². The van der Waals surface area contributed by atoms with Gasteiger partial charge >= 0.3 is 0 Å². The van der Waals surface area contributed by atoms with Gasteiger partial charge in [-0.15, -0.1) is 0 Å². The summed E-state index contributed by atoms with van der Waals surface area (Å²) in [4.78, 5) is 19.8. The van der Waals surface area contributed by atoms with Gasteiger partial charge in [-0.05, 0) is 25.0 Å². The number of nitro benzene ring substituents is 2. The molecule has 0 amide bonds. The molecule has 0 spiro atoms. The average molecular weight is 485 g/mol. The highest BCUT2D eigenvalue weighted by molar-refractivity contribution is 7.90. The fourth-order valence-electron chi connectivity index (χ4n) is 3.61. The third-order valence-corrected chi connectivity index (χ3v) is 8.16. The number of para-hydroxylation sites is 2. The number of rotatable bonds is 8. The van der Waals surface area contributed by atoms with Crippen molar-refractivity contribution in [3.63, 3.8) is 0 Å². The molecule has 1 saturated carbocycles. The number of nitro groups is 2. The second kappa shape index (κ2) is 9.28. The van der Waals surface area contributed by atoms with E-state index in [4.69, 9.17) is 0 Å². The second-order valence-corrected chi connectivity index (χ2v) is 10.6. The molecule has 0 bridgehead atoms. The number of nitrogens with one attached hydrogen (secondary N) is 2. The highest BCUT2D eigenvalue weighted by atomic mass is 32.2. The Morgan fingerprint density at radius 3 is 1.38 bits per heavy atom. The molecule has 32 heavy (non-hydrogen) atoms. The molecule has 0 radical (unpaired) electrons. The van der Waals surface area contributed by atoms with Gasteiger partial charge in [0.1, 0.15) is 0 Å². The summed E-state index contributed by atoms with van der Waals surface area (Å²) in [5, 5.41) is 22.4. The SMILES string of the molecule is O=[N+]([O-])c1ccccc1S(=O)(=O)N[C@H]1CCCC[C@@H]1NS(=O)(=O)c1ccccc1[N+](=O)[O-]. The van der Waals surface area contributed by atoms with Crippen molar-refractivity contribution >= 4 is 31.4 Å². The maximum Gasteiger partial charge on any atom is 0.289 e. The van der Waals surface area contributed by atoms with Crippen molar-refractivity contribution in [3.05, 3.63) is 68.8 Å². The Bertz CT molecular complexity index is 1150. The van der Waals surface area contributed by atoms with Gasteiger partial charge in [-0.2, -0.15) is 0 Å². The lowest BCUT2D eigenvalue weighted by atomic mass is 9.92. The van der Waals surface area contributed by atoms with Crippen LogP contribution in [0, 0.1) is 20.2 Å². The molecule has 0 aromatic heterocycles. The van der Waals surface area contributed by atoms with Crippen molar-refractivity contribution in [3.8, 4) is 0 Å². The molecule has 2 aromatic carbocycles. The minimum absolute atomic E-state index is 0.282. The zero-order valence-electron chi connectivity index (χ0n) is 16.6. The van der Waals surface area contributed by atoms with Crippen molar-refractivity contribution in [2.45, 2.75) is 47.6 Å². The molecule has 0 aliphatic heterocycles. The molecule has 2 N–H and O–H groups in total. The molecule has 0 saturated heterocycles. The van der Waals surface area contributed by atoms with Crippen molar-refractivity contribution < 1.29 is 26.7 Å². The molecule has 1 fully saturated rings. The van der Waals surface area contributed by atoms with E-state index < -0.39 is 63.1 Å². The number of nitrogens with zero attached hydrogens (tertiary/aromatic N) is 2. The van der Waals surface area contributed by atoms with E-state index in [1.165, 1.54) is 24.3 Å². The van der Waals surface area contributed by atoms with Gasteiger partial charge in [0.25, 0.3) is 11.4 Å². The molecule has 2 atom stereocenters. The quantitative estimate of drug-likeness (QED) is 0.422. The molecule has 0 heterocycles. The van der Waals surface area contributed by atoms with Crippen LogP contribution in [-0.4, -0.2) is 38.8 Å². The Balaban J connectivity index is 1.89. The van der Waals surface area contributed by atoms with Gasteiger partial charge in [0, 0.05) is 24.2 Å². The Kier molecular flexibility index (Phi) is 6.88. The molecular weight excluding hydrogens is 464 g/mol. The van der Waals surface area contributed by atoms with Gasteiger partial charge in [-0.25, -0.2) is 26.3 Å². The van der Waals surface area contributed by atoms with Crippen LogP contribution in [0.2, 0.25) is 0 Å². The lowest BCUT2D eigenvalue weighted by Gasteiger charge is -2.32. The molecule has 3 rings (SSSR count). The maximum atomic E-state index is 12.9. The van der Waals surface area contributed by atoms with Crippen LogP contribution in [0.15, 0.2) is 58.3 Å². The van der Waals surface area contributed by atoms with E-state index in [1.807, 2.05) is 0 Å². The zero-order chi connectivity index (χ0) is 23.5. The monoisotopic (exact) mass is 484 g/mol. The Morgan fingerprint density at radius 1 is 0.688 bits per heavy atom. The minimum Gasteiger partial charge on any atom is -0.258 e. The summed E-state index contributed by atoms with van der Waals surface area (Å²) in [6.45, 7) is 0. The fraction of sp³-hybridized carbons (Fsp3) is 0.333. The maximum absolute atomic E-state index is 12.9. The summed E-state index contributed by atoms with van der Waals surface area (Å²) < 4.78 is 56.2. The van der Waals surface area contributed by atoms with E-state index in [0.717, 1.165) is 24.3 Å². The smallest absolute Gasteiger partial charge is 0.258 e. The van der Waals surface area contributed by atoms with Crippen LogP contribution in [-0.2, 0) is 20.0 Å². The Labute approximate surface area is 184 Å².